The molecule has 0 aliphatic heterocycles. The van der Waals surface area contributed by atoms with Crippen molar-refractivity contribution >= 4 is 28.3 Å². The Bertz CT molecular complexity index is 513. The summed E-state index contributed by atoms with van der Waals surface area (Å²) in [6.07, 6.45) is 0. The van der Waals surface area contributed by atoms with E-state index in [1.165, 1.54) is 0 Å². The molecule has 1 aromatic heterocycles. The lowest BCUT2D eigenvalue weighted by Crippen LogP contribution is -1.91. The van der Waals surface area contributed by atoms with Gasteiger partial charge in [0.15, 0.2) is 5.78 Å². The minimum absolute atomic E-state index is 0.0384. The summed E-state index contributed by atoms with van der Waals surface area (Å²) in [5.41, 5.74) is 2.49. The van der Waals surface area contributed by atoms with Gasteiger partial charge >= 0.3 is 0 Å². The SMILES string of the molecule is CC(=O)c1cccc2[nH]c(C)c(Cl)c12. The molecule has 2 rings (SSSR count). The summed E-state index contributed by atoms with van der Waals surface area (Å²) >= 11 is 6.11. The summed E-state index contributed by atoms with van der Waals surface area (Å²) in [6.45, 7) is 3.44. The van der Waals surface area contributed by atoms with Crippen molar-refractivity contribution in [1.29, 1.82) is 0 Å². The fourth-order valence-corrected chi connectivity index (χ4v) is 1.88. The molecule has 0 bridgehead atoms. The summed E-state index contributed by atoms with van der Waals surface area (Å²) in [4.78, 5) is 14.5. The first kappa shape index (κ1) is 9.28. The number of carbonyl (C=O) groups is 1. The van der Waals surface area contributed by atoms with Gasteiger partial charge in [-0.25, -0.2) is 0 Å². The highest BCUT2D eigenvalue weighted by molar-refractivity contribution is 6.37. The predicted molar refractivity (Wildman–Crippen MR) is 58.1 cm³/mol. The van der Waals surface area contributed by atoms with Gasteiger partial charge in [0.1, 0.15) is 0 Å². The van der Waals surface area contributed by atoms with Gasteiger partial charge in [0.05, 0.1) is 5.02 Å². The zero-order valence-corrected chi connectivity index (χ0v) is 8.77. The van der Waals surface area contributed by atoms with Gasteiger partial charge in [0.25, 0.3) is 0 Å². The Hall–Kier alpha value is -1.28. The molecule has 0 unspecified atom stereocenters. The van der Waals surface area contributed by atoms with Crippen LogP contribution < -0.4 is 0 Å². The zero-order valence-electron chi connectivity index (χ0n) is 8.02. The van der Waals surface area contributed by atoms with Crippen LogP contribution in [0.4, 0.5) is 0 Å². The van der Waals surface area contributed by atoms with Crippen LogP contribution in [-0.2, 0) is 0 Å². The Kier molecular flexibility index (Phi) is 2.08. The average molecular weight is 208 g/mol. The number of aromatic amines is 1. The van der Waals surface area contributed by atoms with E-state index in [9.17, 15) is 4.79 Å². The van der Waals surface area contributed by atoms with Crippen molar-refractivity contribution in [2.75, 3.05) is 0 Å². The Morgan fingerprint density at radius 3 is 2.79 bits per heavy atom. The molecule has 0 aliphatic carbocycles. The van der Waals surface area contributed by atoms with Gasteiger partial charge in [-0.2, -0.15) is 0 Å². The lowest BCUT2D eigenvalue weighted by Gasteiger charge is -1.98. The van der Waals surface area contributed by atoms with Crippen molar-refractivity contribution < 1.29 is 4.79 Å². The molecule has 72 valence electrons. The molecule has 2 aromatic rings. The topological polar surface area (TPSA) is 32.9 Å². The number of aromatic nitrogens is 1. The van der Waals surface area contributed by atoms with Crippen LogP contribution in [0.15, 0.2) is 18.2 Å². The first-order chi connectivity index (χ1) is 6.61. The molecule has 0 radical (unpaired) electrons. The van der Waals surface area contributed by atoms with Crippen LogP contribution >= 0.6 is 11.6 Å². The van der Waals surface area contributed by atoms with Gasteiger partial charge in [0, 0.05) is 22.2 Å². The zero-order chi connectivity index (χ0) is 10.3. The van der Waals surface area contributed by atoms with Gasteiger partial charge < -0.3 is 4.98 Å². The molecular weight excluding hydrogens is 198 g/mol. The summed E-state index contributed by atoms with van der Waals surface area (Å²) in [7, 11) is 0. The third-order valence-electron chi connectivity index (χ3n) is 2.31. The van der Waals surface area contributed by atoms with E-state index in [0.717, 1.165) is 16.6 Å². The molecule has 1 N–H and O–H groups in total. The molecular formula is C11H10ClNO. The minimum Gasteiger partial charge on any atom is -0.357 e. The maximum Gasteiger partial charge on any atom is 0.160 e. The van der Waals surface area contributed by atoms with Crippen LogP contribution in [0.3, 0.4) is 0 Å². The molecule has 0 atom stereocenters. The second kappa shape index (κ2) is 3.14. The summed E-state index contributed by atoms with van der Waals surface area (Å²) < 4.78 is 0. The standard InChI is InChI=1S/C11H10ClNO/c1-6-11(12)10-8(7(2)14)4-3-5-9(10)13-6/h3-5,13H,1-2H3. The Morgan fingerprint density at radius 2 is 2.14 bits per heavy atom. The normalized spacial score (nSPS) is 10.8. The average Bonchev–Trinajstić information content (AvgIpc) is 2.43. The number of Topliss-reactive ketones (excluding diaryl/α,β-unsaturated/α-hetero) is 1. The summed E-state index contributed by atoms with van der Waals surface area (Å²) in [6, 6.07) is 5.57. The predicted octanol–water partition coefficient (Wildman–Crippen LogP) is 3.33. The Balaban J connectivity index is 2.91. The Morgan fingerprint density at radius 1 is 1.43 bits per heavy atom. The van der Waals surface area contributed by atoms with Crippen molar-refractivity contribution in [3.8, 4) is 0 Å². The lowest BCUT2D eigenvalue weighted by molar-refractivity contribution is 0.101. The lowest BCUT2D eigenvalue weighted by atomic mass is 10.1. The van der Waals surface area contributed by atoms with E-state index in [0.29, 0.717) is 10.6 Å². The fraction of sp³-hybridized carbons (Fsp3) is 0.182. The third-order valence-corrected chi connectivity index (χ3v) is 2.79. The molecule has 14 heavy (non-hydrogen) atoms. The van der Waals surface area contributed by atoms with E-state index in [1.54, 1.807) is 13.0 Å². The maximum absolute atomic E-state index is 11.3. The van der Waals surface area contributed by atoms with Crippen LogP contribution in [0, 0.1) is 6.92 Å². The molecule has 2 nitrogen and oxygen atoms in total. The van der Waals surface area contributed by atoms with E-state index < -0.39 is 0 Å². The molecule has 0 fully saturated rings. The number of nitrogens with one attached hydrogen (secondary N) is 1. The van der Waals surface area contributed by atoms with Gasteiger partial charge in [0.2, 0.25) is 0 Å². The number of ketones is 1. The molecule has 0 saturated carbocycles. The van der Waals surface area contributed by atoms with E-state index >= 15 is 0 Å². The fourth-order valence-electron chi connectivity index (χ4n) is 1.63. The van der Waals surface area contributed by atoms with E-state index in [2.05, 4.69) is 4.98 Å². The van der Waals surface area contributed by atoms with Gasteiger partial charge in [-0.3, -0.25) is 4.79 Å². The number of rotatable bonds is 1. The number of benzene rings is 1. The Labute approximate surface area is 86.9 Å². The van der Waals surface area contributed by atoms with Crippen molar-refractivity contribution in [2.45, 2.75) is 13.8 Å². The molecule has 3 heteroatoms. The highest BCUT2D eigenvalue weighted by Crippen LogP contribution is 2.29. The molecule has 1 heterocycles. The molecule has 0 spiro atoms. The number of aryl methyl sites for hydroxylation is 1. The van der Waals surface area contributed by atoms with Crippen molar-refractivity contribution in [1.82, 2.24) is 4.98 Å². The van der Waals surface area contributed by atoms with E-state index in [1.807, 2.05) is 19.1 Å². The molecule has 0 amide bonds. The monoisotopic (exact) mass is 207 g/mol. The van der Waals surface area contributed by atoms with E-state index in [-0.39, 0.29) is 5.78 Å². The molecule has 0 aliphatic rings. The van der Waals surface area contributed by atoms with Crippen LogP contribution in [0.2, 0.25) is 5.02 Å². The highest BCUT2D eigenvalue weighted by atomic mass is 35.5. The number of H-pyrrole nitrogens is 1. The largest absolute Gasteiger partial charge is 0.357 e. The molecule has 0 saturated heterocycles. The van der Waals surface area contributed by atoms with Gasteiger partial charge in [-0.15, -0.1) is 0 Å². The number of carbonyl (C=O) groups excluding carboxylic acids is 1. The first-order valence-corrected chi connectivity index (χ1v) is 4.77. The number of halogens is 1. The second-order valence-corrected chi connectivity index (χ2v) is 3.73. The number of hydrogen-bond donors (Lipinski definition) is 1. The van der Waals surface area contributed by atoms with Gasteiger partial charge in [-0.05, 0) is 19.9 Å². The first-order valence-electron chi connectivity index (χ1n) is 4.39. The van der Waals surface area contributed by atoms with Crippen molar-refractivity contribution in [3.05, 3.63) is 34.5 Å². The maximum atomic E-state index is 11.3. The third kappa shape index (κ3) is 1.23. The number of fused-ring (bicyclic) bond motifs is 1. The quantitative estimate of drug-likeness (QED) is 0.715. The molecule has 1 aromatic carbocycles. The van der Waals surface area contributed by atoms with E-state index in [4.69, 9.17) is 11.6 Å². The van der Waals surface area contributed by atoms with Crippen LogP contribution in [0.5, 0.6) is 0 Å². The van der Waals surface area contributed by atoms with Crippen LogP contribution in [0.25, 0.3) is 10.9 Å². The van der Waals surface area contributed by atoms with Crippen molar-refractivity contribution in [2.24, 2.45) is 0 Å². The summed E-state index contributed by atoms with van der Waals surface area (Å²) in [5, 5.41) is 1.48. The smallest absolute Gasteiger partial charge is 0.160 e. The minimum atomic E-state index is 0.0384. The highest BCUT2D eigenvalue weighted by Gasteiger charge is 2.12. The van der Waals surface area contributed by atoms with Crippen LogP contribution in [0.1, 0.15) is 23.0 Å². The number of hydrogen-bond acceptors (Lipinski definition) is 1. The van der Waals surface area contributed by atoms with Crippen LogP contribution in [-0.4, -0.2) is 10.8 Å². The second-order valence-electron chi connectivity index (χ2n) is 3.35. The van der Waals surface area contributed by atoms with Crippen molar-refractivity contribution in [3.63, 3.8) is 0 Å². The van der Waals surface area contributed by atoms with Gasteiger partial charge in [-0.1, -0.05) is 23.7 Å². The summed E-state index contributed by atoms with van der Waals surface area (Å²) in [5.74, 6) is 0.0384.